The Balaban J connectivity index is 0.000000155. The Morgan fingerprint density at radius 2 is 2.00 bits per heavy atom. The summed E-state index contributed by atoms with van der Waals surface area (Å²) in [6.45, 7) is 7.04. The molecular formula is C24H30ClNO4S2. The van der Waals surface area contributed by atoms with E-state index in [0.29, 0.717) is 12.8 Å². The number of halogens is 1. The van der Waals surface area contributed by atoms with Gasteiger partial charge in [-0.3, -0.25) is 14.2 Å². The molecule has 0 radical (unpaired) electrons. The molecule has 32 heavy (non-hydrogen) atoms. The lowest BCUT2D eigenvalue weighted by Crippen LogP contribution is -2.42. The van der Waals surface area contributed by atoms with E-state index < -0.39 is 21.3 Å². The summed E-state index contributed by atoms with van der Waals surface area (Å²) in [6.07, 6.45) is 3.15. The number of rotatable bonds is 4. The molecule has 2 fully saturated rings. The lowest BCUT2D eigenvalue weighted by atomic mass is 9.70. The van der Waals surface area contributed by atoms with Crippen molar-refractivity contribution in [3.05, 3.63) is 56.7 Å². The molecule has 174 valence electrons. The number of nitrogens with zero attached hydrogens (tertiary/aromatic N) is 1. The fraction of sp³-hybridized carbons (Fsp3) is 0.542. The monoisotopic (exact) mass is 495 g/mol. The Labute approximate surface area is 199 Å². The van der Waals surface area contributed by atoms with Gasteiger partial charge in [0.1, 0.15) is 5.78 Å². The van der Waals surface area contributed by atoms with Crippen molar-refractivity contribution in [1.82, 2.24) is 4.90 Å². The Kier molecular flexibility index (Phi) is 6.60. The van der Waals surface area contributed by atoms with Gasteiger partial charge in [-0.2, -0.15) is 8.42 Å². The second-order valence-corrected chi connectivity index (χ2v) is 12.7. The predicted octanol–water partition coefficient (Wildman–Crippen LogP) is 5.23. The van der Waals surface area contributed by atoms with E-state index in [1.54, 1.807) is 4.88 Å². The largest absolute Gasteiger partial charge is 0.299 e. The Hall–Kier alpha value is -1.25. The fourth-order valence-corrected chi connectivity index (χ4v) is 8.11. The van der Waals surface area contributed by atoms with E-state index in [0.717, 1.165) is 31.1 Å². The summed E-state index contributed by atoms with van der Waals surface area (Å²) in [7, 11) is -4.08. The molecule has 0 saturated heterocycles. The normalized spacial score (nSPS) is 26.5. The molecule has 3 aliphatic rings. The van der Waals surface area contributed by atoms with Crippen LogP contribution in [0.25, 0.3) is 0 Å². The molecule has 2 saturated carbocycles. The van der Waals surface area contributed by atoms with E-state index in [-0.39, 0.29) is 17.1 Å². The van der Waals surface area contributed by atoms with Crippen LogP contribution >= 0.6 is 22.9 Å². The van der Waals surface area contributed by atoms with Gasteiger partial charge in [0.05, 0.1) is 11.2 Å². The molecule has 1 aromatic heterocycles. The van der Waals surface area contributed by atoms with Gasteiger partial charge < -0.3 is 0 Å². The zero-order valence-corrected chi connectivity index (χ0v) is 20.9. The number of fused-ring (bicyclic) bond motifs is 3. The summed E-state index contributed by atoms with van der Waals surface area (Å²) < 4.78 is 31.0. The van der Waals surface area contributed by atoms with E-state index in [4.69, 9.17) is 16.2 Å². The first kappa shape index (κ1) is 23.9. The molecule has 8 heteroatoms. The van der Waals surface area contributed by atoms with E-state index in [9.17, 15) is 13.2 Å². The Bertz CT molecular complexity index is 1110. The SMILES string of the molecule is CC1(C)C2CCC1(CS(=O)(=O)O)C(=O)C2.Clc1ccccc1CN1CCc2sccc2C1. The first-order valence-electron chi connectivity index (χ1n) is 11.0. The highest BCUT2D eigenvalue weighted by molar-refractivity contribution is 7.85. The fourth-order valence-electron chi connectivity index (χ4n) is 5.73. The van der Waals surface area contributed by atoms with E-state index >= 15 is 0 Å². The van der Waals surface area contributed by atoms with Crippen LogP contribution in [0, 0.1) is 16.7 Å². The number of Topliss-reactive ketones (excluding diaryl/α,β-unsaturated/α-hetero) is 1. The average molecular weight is 496 g/mol. The van der Waals surface area contributed by atoms with Crippen molar-refractivity contribution in [2.45, 2.75) is 52.6 Å². The van der Waals surface area contributed by atoms with Crippen molar-refractivity contribution >= 4 is 38.8 Å². The Morgan fingerprint density at radius 1 is 1.25 bits per heavy atom. The molecular weight excluding hydrogens is 466 g/mol. The van der Waals surface area contributed by atoms with E-state index in [1.807, 2.05) is 37.3 Å². The average Bonchev–Trinajstić information content (AvgIpc) is 3.32. The summed E-state index contributed by atoms with van der Waals surface area (Å²) in [5, 5.41) is 3.08. The molecule has 2 aliphatic carbocycles. The first-order chi connectivity index (χ1) is 15.0. The van der Waals surface area contributed by atoms with Gasteiger partial charge in [-0.05, 0) is 59.2 Å². The van der Waals surface area contributed by atoms with Crippen molar-refractivity contribution < 1.29 is 17.8 Å². The zero-order chi connectivity index (χ0) is 23.1. The van der Waals surface area contributed by atoms with Crippen molar-refractivity contribution in [2.24, 2.45) is 16.7 Å². The lowest BCUT2D eigenvalue weighted by molar-refractivity contribution is -0.128. The number of hydrogen-bond acceptors (Lipinski definition) is 5. The van der Waals surface area contributed by atoms with Crippen LogP contribution in [0.2, 0.25) is 5.02 Å². The number of benzene rings is 1. The van der Waals surface area contributed by atoms with E-state index in [2.05, 4.69) is 28.5 Å². The van der Waals surface area contributed by atoms with Gasteiger partial charge in [0.2, 0.25) is 0 Å². The van der Waals surface area contributed by atoms with Crippen molar-refractivity contribution in [1.29, 1.82) is 0 Å². The van der Waals surface area contributed by atoms with Crippen LogP contribution in [-0.4, -0.2) is 36.0 Å². The highest BCUT2D eigenvalue weighted by atomic mass is 35.5. The number of hydrogen-bond donors (Lipinski definition) is 1. The third-order valence-corrected chi connectivity index (χ3v) is 10.1. The molecule has 2 aromatic rings. The summed E-state index contributed by atoms with van der Waals surface area (Å²) in [4.78, 5) is 15.9. The molecule has 2 unspecified atom stereocenters. The summed E-state index contributed by atoms with van der Waals surface area (Å²) in [5.74, 6) is -0.101. The molecule has 0 amide bonds. The molecule has 1 aliphatic heterocycles. The summed E-state index contributed by atoms with van der Waals surface area (Å²) in [5.41, 5.74) is 1.60. The maximum Gasteiger partial charge on any atom is 0.265 e. The Morgan fingerprint density at radius 3 is 2.62 bits per heavy atom. The third-order valence-electron chi connectivity index (χ3n) is 7.81. The summed E-state index contributed by atoms with van der Waals surface area (Å²) in [6, 6.07) is 10.4. The molecule has 1 aromatic carbocycles. The predicted molar refractivity (Wildman–Crippen MR) is 129 cm³/mol. The molecule has 2 atom stereocenters. The van der Waals surface area contributed by atoms with Crippen molar-refractivity contribution in [3.63, 3.8) is 0 Å². The maximum absolute atomic E-state index is 11.9. The minimum atomic E-state index is -4.08. The third kappa shape index (κ3) is 4.55. The van der Waals surface area contributed by atoms with Crippen LogP contribution in [0.1, 0.15) is 49.1 Å². The van der Waals surface area contributed by atoms with Crippen molar-refractivity contribution in [3.8, 4) is 0 Å². The van der Waals surface area contributed by atoms with Gasteiger partial charge >= 0.3 is 0 Å². The zero-order valence-electron chi connectivity index (χ0n) is 18.5. The van der Waals surface area contributed by atoms with Crippen LogP contribution in [0.3, 0.4) is 0 Å². The lowest BCUT2D eigenvalue weighted by Gasteiger charge is -2.35. The second-order valence-electron chi connectivity index (χ2n) is 9.81. The van der Waals surface area contributed by atoms with Gasteiger partial charge in [-0.25, -0.2) is 0 Å². The van der Waals surface area contributed by atoms with Crippen LogP contribution in [0.5, 0.6) is 0 Å². The topological polar surface area (TPSA) is 74.7 Å². The molecule has 5 nitrogen and oxygen atoms in total. The number of thiophene rings is 1. The quantitative estimate of drug-likeness (QED) is 0.588. The molecule has 5 rings (SSSR count). The van der Waals surface area contributed by atoms with Gasteiger partial charge in [-0.1, -0.05) is 43.6 Å². The second kappa shape index (κ2) is 8.84. The highest BCUT2D eigenvalue weighted by Crippen LogP contribution is 2.64. The highest BCUT2D eigenvalue weighted by Gasteiger charge is 2.65. The molecule has 1 N–H and O–H groups in total. The smallest absolute Gasteiger partial charge is 0.265 e. The summed E-state index contributed by atoms with van der Waals surface area (Å²) >= 11 is 8.08. The van der Waals surface area contributed by atoms with Crippen LogP contribution in [0.4, 0.5) is 0 Å². The van der Waals surface area contributed by atoms with Crippen molar-refractivity contribution in [2.75, 3.05) is 12.3 Å². The minimum absolute atomic E-state index is 0.0152. The van der Waals surface area contributed by atoms with Gasteiger partial charge in [0.25, 0.3) is 10.1 Å². The number of ketones is 1. The van der Waals surface area contributed by atoms with Gasteiger partial charge in [0, 0.05) is 36.0 Å². The number of carbonyl (C=O) groups is 1. The minimum Gasteiger partial charge on any atom is -0.299 e. The van der Waals surface area contributed by atoms with Crippen LogP contribution in [-0.2, 0) is 34.4 Å². The molecule has 2 heterocycles. The molecule has 2 bridgehead atoms. The van der Waals surface area contributed by atoms with Crippen LogP contribution in [0.15, 0.2) is 35.7 Å². The number of carbonyl (C=O) groups excluding carboxylic acids is 1. The first-order valence-corrected chi connectivity index (χ1v) is 13.9. The standard InChI is InChI=1S/C14H14ClNS.C10H16O4S/c15-13-4-2-1-3-11(13)9-16-7-5-14-12(10-16)6-8-17-14;1-9(2)7-3-4-10(9,8(11)5-7)6-15(12,13)14/h1-4,6,8H,5,7,9-10H2;7H,3-6H2,1-2H3,(H,12,13,14). The maximum atomic E-state index is 11.9. The van der Waals surface area contributed by atoms with Crippen LogP contribution < -0.4 is 0 Å². The van der Waals surface area contributed by atoms with Gasteiger partial charge in [0.15, 0.2) is 0 Å². The van der Waals surface area contributed by atoms with E-state index in [1.165, 1.54) is 17.5 Å². The van der Waals surface area contributed by atoms with Gasteiger partial charge in [-0.15, -0.1) is 11.3 Å². The molecule has 0 spiro atoms.